The Morgan fingerprint density at radius 1 is 0.522 bits per heavy atom. The van der Waals surface area contributed by atoms with E-state index in [9.17, 15) is 47.2 Å². The third-order valence-electron chi connectivity index (χ3n) is 8.93. The van der Waals surface area contributed by atoms with Crippen molar-refractivity contribution in [2.24, 2.45) is 0 Å². The summed E-state index contributed by atoms with van der Waals surface area (Å²) in [5, 5.41) is 13.2. The Balaban J connectivity index is 0.000000153. The number of rotatable bonds is 12. The van der Waals surface area contributed by atoms with Crippen molar-refractivity contribution in [1.29, 1.82) is 0 Å². The molecule has 0 bridgehead atoms. The molecule has 3 N–H and O–H groups in total. The van der Waals surface area contributed by atoms with E-state index >= 15 is 0 Å². The monoisotopic (exact) mass is 1050 g/mol. The van der Waals surface area contributed by atoms with Gasteiger partial charge in [-0.05, 0) is 80.6 Å². The van der Waals surface area contributed by atoms with Gasteiger partial charge in [0.2, 0.25) is 35.9 Å². The zero-order valence-electron chi connectivity index (χ0n) is 35.0. The quantitative estimate of drug-likeness (QED) is 0.0868. The predicted molar refractivity (Wildman–Crippen MR) is 233 cm³/mol. The highest BCUT2D eigenvalue weighted by Crippen LogP contribution is 2.27. The maximum Gasteiger partial charge on any atom is 0.252 e. The number of hydrogen-bond acceptors (Lipinski definition) is 15. The van der Waals surface area contributed by atoms with Gasteiger partial charge in [-0.2, -0.15) is 15.0 Å². The minimum Gasteiger partial charge on any atom is -0.220 e. The van der Waals surface area contributed by atoms with Crippen LogP contribution >= 0.6 is 23.2 Å². The highest BCUT2D eigenvalue weighted by Gasteiger charge is 2.33. The molecule has 21 nitrogen and oxygen atoms in total. The molecule has 0 atom stereocenters. The average Bonchev–Trinajstić information content (AvgIpc) is 4.06. The molecule has 0 saturated heterocycles. The number of nitrogens with one attached hydrogen (secondary N) is 3. The van der Waals surface area contributed by atoms with Crippen molar-refractivity contribution in [2.75, 3.05) is 0 Å². The van der Waals surface area contributed by atoms with Crippen LogP contribution in [-0.2, 0) is 49.7 Å². The summed E-state index contributed by atoms with van der Waals surface area (Å²) in [5.41, 5.74) is 1.71. The second-order valence-electron chi connectivity index (χ2n) is 13.8. The van der Waals surface area contributed by atoms with E-state index < -0.39 is 70.6 Å². The third-order valence-corrected chi connectivity index (χ3v) is 13.7. The van der Waals surface area contributed by atoms with E-state index in [1.54, 1.807) is 27.7 Å². The van der Waals surface area contributed by atoms with Gasteiger partial charge in [-0.1, -0.05) is 23.2 Å². The number of halogens is 7. The number of fused-ring (bicyclic) bond motifs is 3. The normalized spacial score (nSPS) is 12.0. The number of sulfonamides is 3. The molecular weight excluding hydrogens is 1020 g/mol. The molecule has 31 heteroatoms. The molecule has 6 heterocycles. The minimum absolute atomic E-state index is 0.0195. The fourth-order valence-corrected chi connectivity index (χ4v) is 9.08. The van der Waals surface area contributed by atoms with Crippen molar-refractivity contribution in [2.45, 2.75) is 48.2 Å². The first kappa shape index (κ1) is 50.2. The van der Waals surface area contributed by atoms with Crippen LogP contribution < -0.4 is 14.2 Å². The van der Waals surface area contributed by atoms with E-state index in [2.05, 4.69) is 54.6 Å². The molecule has 9 aromatic rings. The van der Waals surface area contributed by atoms with Gasteiger partial charge in [0.05, 0.1) is 29.4 Å². The van der Waals surface area contributed by atoms with Crippen LogP contribution in [0.15, 0.2) is 106 Å². The predicted octanol–water partition coefficient (Wildman–Crippen LogP) is 4.43. The third kappa shape index (κ3) is 11.8. The summed E-state index contributed by atoms with van der Waals surface area (Å²) in [6.45, 7) is 3.05. The number of aryl methyl sites for hydroxylation is 2. The Bertz CT molecular complexity index is 3610. The number of benzene rings is 3. The lowest BCUT2D eigenvalue weighted by Gasteiger charge is -2.09. The molecule has 360 valence electrons. The van der Waals surface area contributed by atoms with Crippen LogP contribution in [0.3, 0.4) is 0 Å². The smallest absolute Gasteiger partial charge is 0.220 e. The standard InChI is InChI=1S/C14H14ClN5O2S.C12H10ClN5O2S.C12H6F5N5O2S/c1-9-7-10(2)20-14(17-9)18-13(19-20)8-16-23(21,22)12-5-3-11(15)4-6-12;13-9-2-4-10(5-3-9)21(19,20)15-8-11-16-12-14-6-1-7-18(12)17-11;13-6-7(14)9(16)11(10(17)8(6)15)25(23,24)19-4-5-20-12-18-2-1-3-22(12)21-5/h3-7,16H,8H2,1-2H3;1-7,15H,8H2;1-3,19H,4H2. The van der Waals surface area contributed by atoms with Gasteiger partial charge in [-0.15, -0.1) is 15.3 Å². The van der Waals surface area contributed by atoms with E-state index in [1.165, 1.54) is 76.0 Å². The Morgan fingerprint density at radius 2 is 0.913 bits per heavy atom. The average molecular weight is 1050 g/mol. The molecule has 6 aromatic heterocycles. The second kappa shape index (κ2) is 20.5. The van der Waals surface area contributed by atoms with Crippen molar-refractivity contribution in [1.82, 2.24) is 72.9 Å². The molecule has 0 aliphatic heterocycles. The summed E-state index contributed by atoms with van der Waals surface area (Å²) in [6, 6.07) is 16.9. The Hall–Kier alpha value is -6.73. The summed E-state index contributed by atoms with van der Waals surface area (Å²) >= 11 is 11.5. The molecule has 9 rings (SSSR count). The molecular formula is C38H30Cl2F5N15O6S3. The van der Waals surface area contributed by atoms with E-state index in [0.717, 1.165) is 11.4 Å². The van der Waals surface area contributed by atoms with E-state index in [-0.39, 0.29) is 34.5 Å². The van der Waals surface area contributed by atoms with Gasteiger partial charge in [0, 0.05) is 46.2 Å². The Morgan fingerprint density at radius 3 is 1.35 bits per heavy atom. The maximum atomic E-state index is 13.6. The molecule has 0 amide bonds. The van der Waals surface area contributed by atoms with Crippen molar-refractivity contribution in [3.8, 4) is 0 Å². The van der Waals surface area contributed by atoms with Gasteiger partial charge >= 0.3 is 0 Å². The SMILES string of the molecule is Cc1cc(C)n2nc(CNS(=O)(=O)c3ccc(Cl)cc3)nc2n1.O=S(=O)(NCc1nc2ncccn2n1)c1c(F)c(F)c(F)c(F)c1F.O=S(=O)(NCc1nc2ncccn2n1)c1ccc(Cl)cc1. The van der Waals surface area contributed by atoms with Gasteiger partial charge < -0.3 is 0 Å². The zero-order chi connectivity index (χ0) is 49.8. The molecule has 0 aliphatic carbocycles. The zero-order valence-corrected chi connectivity index (χ0v) is 38.9. The number of nitrogens with zero attached hydrogens (tertiary/aromatic N) is 12. The first-order valence-electron chi connectivity index (χ1n) is 19.2. The second-order valence-corrected chi connectivity index (χ2v) is 20.0. The van der Waals surface area contributed by atoms with Crippen molar-refractivity contribution in [3.05, 3.63) is 160 Å². The van der Waals surface area contributed by atoms with Crippen LogP contribution in [0, 0.1) is 42.9 Å². The van der Waals surface area contributed by atoms with Crippen LogP contribution in [0.1, 0.15) is 28.9 Å². The highest BCUT2D eigenvalue weighted by atomic mass is 35.5. The van der Waals surface area contributed by atoms with E-state index in [0.29, 0.717) is 33.2 Å². The molecule has 0 spiro atoms. The number of hydrogen-bond donors (Lipinski definition) is 3. The molecule has 0 unspecified atom stereocenters. The summed E-state index contributed by atoms with van der Waals surface area (Å²) in [7, 11) is -12.4. The van der Waals surface area contributed by atoms with Crippen LogP contribution in [0.5, 0.6) is 0 Å². The van der Waals surface area contributed by atoms with Crippen LogP contribution in [-0.4, -0.2) is 84.0 Å². The summed E-state index contributed by atoms with van der Waals surface area (Å²) in [6.07, 6.45) is 6.13. The molecule has 0 fully saturated rings. The van der Waals surface area contributed by atoms with Crippen molar-refractivity contribution < 1.29 is 47.2 Å². The lowest BCUT2D eigenvalue weighted by atomic mass is 10.3. The maximum absolute atomic E-state index is 13.6. The fourth-order valence-electron chi connectivity index (χ4n) is 5.75. The van der Waals surface area contributed by atoms with E-state index in [4.69, 9.17) is 23.2 Å². The molecule has 0 aliphatic rings. The molecule has 69 heavy (non-hydrogen) atoms. The van der Waals surface area contributed by atoms with E-state index in [1.807, 2.05) is 19.9 Å². The molecule has 3 aromatic carbocycles. The number of aromatic nitrogens is 12. The van der Waals surface area contributed by atoms with Crippen LogP contribution in [0.25, 0.3) is 17.3 Å². The van der Waals surface area contributed by atoms with Gasteiger partial charge in [0.1, 0.15) is 0 Å². The summed E-state index contributed by atoms with van der Waals surface area (Å²) < 4.78 is 150. The van der Waals surface area contributed by atoms with Crippen LogP contribution in [0.4, 0.5) is 22.0 Å². The van der Waals surface area contributed by atoms with Gasteiger partial charge in [-0.25, -0.2) is 89.9 Å². The van der Waals surface area contributed by atoms with Gasteiger partial charge in [0.15, 0.2) is 45.6 Å². The highest BCUT2D eigenvalue weighted by molar-refractivity contribution is 7.90. The minimum atomic E-state index is -5.08. The lowest BCUT2D eigenvalue weighted by molar-refractivity contribution is 0.357. The Kier molecular flexibility index (Phi) is 14.9. The molecule has 0 saturated carbocycles. The largest absolute Gasteiger partial charge is 0.252 e. The van der Waals surface area contributed by atoms with Crippen molar-refractivity contribution in [3.63, 3.8) is 0 Å². The topological polar surface area (TPSA) is 268 Å². The van der Waals surface area contributed by atoms with Crippen molar-refractivity contribution >= 4 is 70.6 Å². The Labute approximate surface area is 396 Å². The van der Waals surface area contributed by atoms with Gasteiger partial charge in [-0.3, -0.25) is 0 Å². The summed E-state index contributed by atoms with van der Waals surface area (Å²) in [5.74, 6) is -10.6. The molecule has 0 radical (unpaired) electrons. The van der Waals surface area contributed by atoms with Crippen LogP contribution in [0.2, 0.25) is 10.0 Å². The first-order valence-corrected chi connectivity index (χ1v) is 24.4. The lowest BCUT2D eigenvalue weighted by Crippen LogP contribution is -2.27. The summed E-state index contributed by atoms with van der Waals surface area (Å²) in [4.78, 5) is 22.6. The first-order chi connectivity index (χ1) is 32.6. The fraction of sp³-hybridized carbons (Fsp3) is 0.132. The van der Waals surface area contributed by atoms with Gasteiger partial charge in [0.25, 0.3) is 17.3 Å².